The van der Waals surface area contributed by atoms with E-state index in [1.807, 2.05) is 24.0 Å². The molecule has 1 saturated heterocycles. The van der Waals surface area contributed by atoms with Crippen LogP contribution in [0.25, 0.3) is 0 Å². The maximum Gasteiger partial charge on any atom is 0.226 e. The SMILES string of the molecule is Cc1ccc(CN2CC[C@H]3C=CCC[C@H]3C2=O)cc1Cl. The quantitative estimate of drug-likeness (QED) is 0.755. The molecule has 1 aliphatic carbocycles. The molecule has 2 nitrogen and oxygen atoms in total. The van der Waals surface area contributed by atoms with E-state index in [4.69, 9.17) is 11.6 Å². The van der Waals surface area contributed by atoms with Gasteiger partial charge in [-0.05, 0) is 49.3 Å². The molecule has 1 amide bonds. The number of likely N-dealkylation sites (tertiary alicyclic amines) is 1. The predicted molar refractivity (Wildman–Crippen MR) is 81.6 cm³/mol. The molecule has 0 saturated carbocycles. The summed E-state index contributed by atoms with van der Waals surface area (Å²) in [6, 6.07) is 6.08. The monoisotopic (exact) mass is 289 g/mol. The summed E-state index contributed by atoms with van der Waals surface area (Å²) in [4.78, 5) is 14.6. The van der Waals surface area contributed by atoms with Crippen LogP contribution in [0.5, 0.6) is 0 Å². The molecule has 1 heterocycles. The van der Waals surface area contributed by atoms with Crippen LogP contribution in [0.3, 0.4) is 0 Å². The molecule has 0 spiro atoms. The van der Waals surface area contributed by atoms with Gasteiger partial charge in [0.25, 0.3) is 0 Å². The average molecular weight is 290 g/mol. The summed E-state index contributed by atoms with van der Waals surface area (Å²) < 4.78 is 0. The summed E-state index contributed by atoms with van der Waals surface area (Å²) in [6.45, 7) is 3.54. The Morgan fingerprint density at radius 3 is 3.00 bits per heavy atom. The largest absolute Gasteiger partial charge is 0.338 e. The molecule has 0 bridgehead atoms. The third-order valence-electron chi connectivity index (χ3n) is 4.52. The van der Waals surface area contributed by atoms with Gasteiger partial charge < -0.3 is 4.90 Å². The number of aryl methyl sites for hydroxylation is 1. The maximum absolute atomic E-state index is 12.6. The van der Waals surface area contributed by atoms with Gasteiger partial charge in [0, 0.05) is 24.0 Å². The summed E-state index contributed by atoms with van der Waals surface area (Å²) in [5.74, 6) is 0.992. The Kier molecular flexibility index (Phi) is 3.84. The van der Waals surface area contributed by atoms with Crippen LogP contribution in [0.15, 0.2) is 30.4 Å². The van der Waals surface area contributed by atoms with Crippen molar-refractivity contribution in [2.45, 2.75) is 32.7 Å². The second-order valence-electron chi connectivity index (χ2n) is 5.91. The molecular weight excluding hydrogens is 270 g/mol. The zero-order valence-corrected chi connectivity index (χ0v) is 12.6. The van der Waals surface area contributed by atoms with Crippen LogP contribution in [-0.4, -0.2) is 17.4 Å². The van der Waals surface area contributed by atoms with E-state index in [1.165, 1.54) is 0 Å². The van der Waals surface area contributed by atoms with Gasteiger partial charge >= 0.3 is 0 Å². The van der Waals surface area contributed by atoms with Gasteiger partial charge in [0.15, 0.2) is 0 Å². The van der Waals surface area contributed by atoms with Gasteiger partial charge in [0.2, 0.25) is 5.91 Å². The standard InChI is InChI=1S/C17H20ClNO/c1-12-6-7-13(10-16(12)18)11-19-9-8-14-4-2-3-5-15(14)17(19)20/h2,4,6-7,10,14-15H,3,5,8-9,11H2,1H3/t14-,15-/m1/s1. The molecule has 3 rings (SSSR count). The summed E-state index contributed by atoms with van der Waals surface area (Å²) in [7, 11) is 0. The second-order valence-corrected chi connectivity index (χ2v) is 6.32. The number of amides is 1. The van der Waals surface area contributed by atoms with Crippen LogP contribution in [0.1, 0.15) is 30.4 Å². The summed E-state index contributed by atoms with van der Waals surface area (Å²) in [5.41, 5.74) is 2.21. The molecule has 1 fully saturated rings. The maximum atomic E-state index is 12.6. The first-order valence-electron chi connectivity index (χ1n) is 7.35. The molecule has 106 valence electrons. The Hall–Kier alpha value is -1.28. The first-order chi connectivity index (χ1) is 9.65. The summed E-state index contributed by atoms with van der Waals surface area (Å²) in [5, 5.41) is 0.783. The highest BCUT2D eigenvalue weighted by Crippen LogP contribution is 2.33. The molecule has 0 aromatic heterocycles. The lowest BCUT2D eigenvalue weighted by atomic mass is 9.78. The zero-order chi connectivity index (χ0) is 14.1. The van der Waals surface area contributed by atoms with Crippen LogP contribution < -0.4 is 0 Å². The molecule has 3 heteroatoms. The molecule has 0 unspecified atom stereocenters. The number of carbonyl (C=O) groups excluding carboxylic acids is 1. The lowest BCUT2D eigenvalue weighted by Gasteiger charge is -2.38. The molecule has 2 aliphatic rings. The van der Waals surface area contributed by atoms with E-state index in [-0.39, 0.29) is 5.92 Å². The van der Waals surface area contributed by atoms with Crippen molar-refractivity contribution in [1.82, 2.24) is 4.90 Å². The van der Waals surface area contributed by atoms with Crippen molar-refractivity contribution in [1.29, 1.82) is 0 Å². The Balaban J connectivity index is 1.73. The van der Waals surface area contributed by atoms with Gasteiger partial charge in [-0.3, -0.25) is 4.79 Å². The first kappa shape index (κ1) is 13.7. The van der Waals surface area contributed by atoms with Crippen molar-refractivity contribution in [2.75, 3.05) is 6.54 Å². The van der Waals surface area contributed by atoms with Crippen molar-refractivity contribution >= 4 is 17.5 Å². The average Bonchev–Trinajstić information content (AvgIpc) is 2.46. The van der Waals surface area contributed by atoms with Gasteiger partial charge in [0.1, 0.15) is 0 Å². The van der Waals surface area contributed by atoms with E-state index in [0.29, 0.717) is 18.4 Å². The normalized spacial score (nSPS) is 25.7. The fraction of sp³-hybridized carbons (Fsp3) is 0.471. The number of fused-ring (bicyclic) bond motifs is 1. The number of halogens is 1. The Morgan fingerprint density at radius 2 is 2.20 bits per heavy atom. The van der Waals surface area contributed by atoms with Gasteiger partial charge in [0.05, 0.1) is 0 Å². The second kappa shape index (κ2) is 5.61. The molecule has 20 heavy (non-hydrogen) atoms. The van der Waals surface area contributed by atoms with Crippen LogP contribution in [0.2, 0.25) is 5.02 Å². The van der Waals surface area contributed by atoms with Gasteiger partial charge in [-0.2, -0.15) is 0 Å². The highest BCUT2D eigenvalue weighted by atomic mass is 35.5. The number of benzene rings is 1. The molecule has 1 aromatic rings. The van der Waals surface area contributed by atoms with Gasteiger partial charge in [-0.25, -0.2) is 0 Å². The van der Waals surface area contributed by atoms with E-state index in [9.17, 15) is 4.79 Å². The number of carbonyl (C=O) groups is 1. The van der Waals surface area contributed by atoms with Crippen molar-refractivity contribution in [3.05, 3.63) is 46.5 Å². The van der Waals surface area contributed by atoms with Crippen LogP contribution in [-0.2, 0) is 11.3 Å². The number of piperidine rings is 1. The minimum absolute atomic E-state index is 0.203. The van der Waals surface area contributed by atoms with E-state index in [1.54, 1.807) is 0 Å². The van der Waals surface area contributed by atoms with E-state index in [0.717, 1.165) is 42.0 Å². The molecular formula is C17H20ClNO. The summed E-state index contributed by atoms with van der Waals surface area (Å²) in [6.07, 6.45) is 7.60. The Bertz CT molecular complexity index is 552. The lowest BCUT2D eigenvalue weighted by Crippen LogP contribution is -2.45. The number of hydrogen-bond donors (Lipinski definition) is 0. The third kappa shape index (κ3) is 2.62. The fourth-order valence-electron chi connectivity index (χ4n) is 3.26. The van der Waals surface area contributed by atoms with Crippen molar-refractivity contribution in [3.63, 3.8) is 0 Å². The Morgan fingerprint density at radius 1 is 1.35 bits per heavy atom. The smallest absolute Gasteiger partial charge is 0.226 e. The number of hydrogen-bond acceptors (Lipinski definition) is 1. The van der Waals surface area contributed by atoms with E-state index in [2.05, 4.69) is 18.2 Å². The van der Waals surface area contributed by atoms with Crippen molar-refractivity contribution in [3.8, 4) is 0 Å². The van der Waals surface area contributed by atoms with E-state index >= 15 is 0 Å². The number of nitrogens with zero attached hydrogens (tertiary/aromatic N) is 1. The number of rotatable bonds is 2. The van der Waals surface area contributed by atoms with Crippen molar-refractivity contribution in [2.24, 2.45) is 11.8 Å². The molecule has 0 N–H and O–H groups in total. The van der Waals surface area contributed by atoms with Gasteiger partial charge in [-0.15, -0.1) is 0 Å². The third-order valence-corrected chi connectivity index (χ3v) is 4.92. The Labute approximate surface area is 125 Å². The zero-order valence-electron chi connectivity index (χ0n) is 11.8. The van der Waals surface area contributed by atoms with Crippen LogP contribution in [0, 0.1) is 18.8 Å². The minimum Gasteiger partial charge on any atom is -0.338 e. The van der Waals surface area contributed by atoms with Gasteiger partial charge in [-0.1, -0.05) is 35.9 Å². The highest BCUT2D eigenvalue weighted by Gasteiger charge is 2.35. The first-order valence-corrected chi connectivity index (χ1v) is 7.73. The molecule has 1 aliphatic heterocycles. The van der Waals surface area contributed by atoms with E-state index < -0.39 is 0 Å². The van der Waals surface area contributed by atoms with Crippen LogP contribution >= 0.6 is 11.6 Å². The minimum atomic E-state index is 0.203. The molecule has 0 radical (unpaired) electrons. The summed E-state index contributed by atoms with van der Waals surface area (Å²) >= 11 is 6.17. The molecule has 1 aromatic carbocycles. The lowest BCUT2D eigenvalue weighted by molar-refractivity contribution is -0.141. The molecule has 2 atom stereocenters. The predicted octanol–water partition coefficient (Wildman–Crippen LogP) is 3.96. The number of allylic oxidation sites excluding steroid dienone is 2. The van der Waals surface area contributed by atoms with Crippen molar-refractivity contribution < 1.29 is 4.79 Å². The topological polar surface area (TPSA) is 20.3 Å². The fourth-order valence-corrected chi connectivity index (χ4v) is 3.46. The highest BCUT2D eigenvalue weighted by molar-refractivity contribution is 6.31. The van der Waals surface area contributed by atoms with Crippen LogP contribution in [0.4, 0.5) is 0 Å².